The Hall–Kier alpha value is -1.55. The fourth-order valence-electron chi connectivity index (χ4n) is 1.62. The van der Waals surface area contributed by atoms with E-state index in [4.69, 9.17) is 4.74 Å². The van der Waals surface area contributed by atoms with Crippen LogP contribution in [0.2, 0.25) is 0 Å². The number of aliphatic hydroxyl groups excluding tert-OH is 1. The second kappa shape index (κ2) is 3.90. The third kappa shape index (κ3) is 1.94. The SMILES string of the molecule is C[C@@H](O)CN1C(=O)COc2ccccc21. The van der Waals surface area contributed by atoms with Crippen molar-refractivity contribution in [2.24, 2.45) is 0 Å². The van der Waals surface area contributed by atoms with Crippen LogP contribution in [0, 0.1) is 0 Å². The summed E-state index contributed by atoms with van der Waals surface area (Å²) in [5.74, 6) is 0.576. The number of nitrogens with zero attached hydrogens (tertiary/aromatic N) is 1. The largest absolute Gasteiger partial charge is 0.482 e. The average Bonchev–Trinajstić information content (AvgIpc) is 2.22. The summed E-state index contributed by atoms with van der Waals surface area (Å²) in [7, 11) is 0. The predicted molar refractivity (Wildman–Crippen MR) is 56.0 cm³/mol. The predicted octanol–water partition coefficient (Wildman–Crippen LogP) is 0.793. The number of ether oxygens (including phenoxy) is 1. The molecule has 0 saturated carbocycles. The lowest BCUT2D eigenvalue weighted by molar-refractivity contribution is -0.121. The lowest BCUT2D eigenvalue weighted by Gasteiger charge is -2.30. The lowest BCUT2D eigenvalue weighted by Crippen LogP contribution is -2.42. The van der Waals surface area contributed by atoms with Crippen LogP contribution in [0.3, 0.4) is 0 Å². The van der Waals surface area contributed by atoms with E-state index in [1.54, 1.807) is 11.8 Å². The first kappa shape index (κ1) is 9.98. The Kier molecular flexibility index (Phi) is 2.60. The Morgan fingerprint density at radius 1 is 1.53 bits per heavy atom. The van der Waals surface area contributed by atoms with E-state index in [0.717, 1.165) is 5.69 Å². The number of benzene rings is 1. The van der Waals surface area contributed by atoms with Crippen LogP contribution in [0.5, 0.6) is 5.75 Å². The first-order valence-electron chi connectivity index (χ1n) is 4.89. The minimum Gasteiger partial charge on any atom is -0.482 e. The van der Waals surface area contributed by atoms with E-state index >= 15 is 0 Å². The van der Waals surface area contributed by atoms with E-state index in [1.165, 1.54) is 0 Å². The molecule has 4 heteroatoms. The van der Waals surface area contributed by atoms with Gasteiger partial charge >= 0.3 is 0 Å². The fraction of sp³-hybridized carbons (Fsp3) is 0.364. The maximum absolute atomic E-state index is 11.6. The molecule has 15 heavy (non-hydrogen) atoms. The molecule has 1 N–H and O–H groups in total. The summed E-state index contributed by atoms with van der Waals surface area (Å²) in [6, 6.07) is 7.33. The molecule has 1 amide bonds. The maximum Gasteiger partial charge on any atom is 0.265 e. The summed E-state index contributed by atoms with van der Waals surface area (Å²) in [6.07, 6.45) is -0.542. The van der Waals surface area contributed by atoms with Gasteiger partial charge in [-0.15, -0.1) is 0 Å². The highest BCUT2D eigenvalue weighted by Crippen LogP contribution is 2.31. The third-order valence-corrected chi connectivity index (χ3v) is 2.26. The molecule has 0 fully saturated rings. The minimum atomic E-state index is -0.542. The number of β-amino-alcohol motifs (C(OH)–C–C–N with tert-alkyl or cyclic N) is 1. The number of fused-ring (bicyclic) bond motifs is 1. The van der Waals surface area contributed by atoms with Crippen molar-refractivity contribution in [3.63, 3.8) is 0 Å². The molecule has 0 aliphatic carbocycles. The van der Waals surface area contributed by atoms with E-state index in [0.29, 0.717) is 12.3 Å². The number of carbonyl (C=O) groups excluding carboxylic acids is 1. The van der Waals surface area contributed by atoms with Crippen LogP contribution in [0.4, 0.5) is 5.69 Å². The van der Waals surface area contributed by atoms with Gasteiger partial charge in [-0.3, -0.25) is 4.79 Å². The molecule has 1 aliphatic heterocycles. The minimum absolute atomic E-state index is 0.0454. The van der Waals surface area contributed by atoms with Gasteiger partial charge in [0.25, 0.3) is 5.91 Å². The summed E-state index contributed by atoms with van der Waals surface area (Å²) in [5, 5.41) is 9.31. The zero-order valence-electron chi connectivity index (χ0n) is 8.51. The molecule has 1 aliphatic rings. The van der Waals surface area contributed by atoms with Crippen molar-refractivity contribution in [2.45, 2.75) is 13.0 Å². The molecule has 1 atom stereocenters. The Bertz CT molecular complexity index is 376. The van der Waals surface area contributed by atoms with Gasteiger partial charge in [-0.25, -0.2) is 0 Å². The van der Waals surface area contributed by atoms with Crippen LogP contribution >= 0.6 is 0 Å². The molecule has 0 aromatic heterocycles. The molecule has 0 saturated heterocycles. The molecule has 0 radical (unpaired) electrons. The number of rotatable bonds is 2. The number of anilines is 1. The second-order valence-corrected chi connectivity index (χ2v) is 3.61. The highest BCUT2D eigenvalue weighted by Gasteiger charge is 2.25. The molecule has 1 heterocycles. The molecule has 2 rings (SSSR count). The van der Waals surface area contributed by atoms with Gasteiger partial charge in [-0.05, 0) is 19.1 Å². The average molecular weight is 207 g/mol. The summed E-state index contributed by atoms with van der Waals surface area (Å²) < 4.78 is 5.27. The van der Waals surface area contributed by atoms with E-state index in [-0.39, 0.29) is 12.5 Å². The first-order valence-corrected chi connectivity index (χ1v) is 4.89. The molecular formula is C11H13NO3. The summed E-state index contributed by atoms with van der Waals surface area (Å²) in [5.41, 5.74) is 0.731. The van der Waals surface area contributed by atoms with Gasteiger partial charge in [0.05, 0.1) is 18.3 Å². The number of carbonyl (C=O) groups is 1. The van der Waals surface area contributed by atoms with Gasteiger partial charge < -0.3 is 14.7 Å². The quantitative estimate of drug-likeness (QED) is 0.780. The van der Waals surface area contributed by atoms with Crippen molar-refractivity contribution in [3.05, 3.63) is 24.3 Å². The summed E-state index contributed by atoms with van der Waals surface area (Å²) >= 11 is 0. The van der Waals surface area contributed by atoms with Crippen LogP contribution in [0.1, 0.15) is 6.92 Å². The first-order chi connectivity index (χ1) is 7.18. The number of aliphatic hydroxyl groups is 1. The number of para-hydroxylation sites is 2. The van der Waals surface area contributed by atoms with E-state index < -0.39 is 6.10 Å². The molecule has 0 bridgehead atoms. The van der Waals surface area contributed by atoms with Gasteiger partial charge in [-0.1, -0.05) is 12.1 Å². The molecule has 4 nitrogen and oxygen atoms in total. The van der Waals surface area contributed by atoms with Gasteiger partial charge in [0.2, 0.25) is 0 Å². The van der Waals surface area contributed by atoms with Crippen molar-refractivity contribution in [1.29, 1.82) is 0 Å². The smallest absolute Gasteiger partial charge is 0.265 e. The molecule has 1 aromatic rings. The van der Waals surface area contributed by atoms with Crippen molar-refractivity contribution in [2.75, 3.05) is 18.1 Å². The fourth-order valence-corrected chi connectivity index (χ4v) is 1.62. The Balaban J connectivity index is 2.33. The normalized spacial score (nSPS) is 16.9. The van der Waals surface area contributed by atoms with Crippen LogP contribution in [-0.4, -0.2) is 30.3 Å². The van der Waals surface area contributed by atoms with E-state index in [2.05, 4.69) is 0 Å². The van der Waals surface area contributed by atoms with Gasteiger partial charge in [-0.2, -0.15) is 0 Å². The molecular weight excluding hydrogens is 194 g/mol. The van der Waals surface area contributed by atoms with Crippen LogP contribution in [0.25, 0.3) is 0 Å². The van der Waals surface area contributed by atoms with Crippen LogP contribution in [-0.2, 0) is 4.79 Å². The lowest BCUT2D eigenvalue weighted by atomic mass is 10.2. The topological polar surface area (TPSA) is 49.8 Å². The second-order valence-electron chi connectivity index (χ2n) is 3.61. The monoisotopic (exact) mass is 207 g/mol. The van der Waals surface area contributed by atoms with Crippen molar-refractivity contribution >= 4 is 11.6 Å². The van der Waals surface area contributed by atoms with Gasteiger partial charge in [0, 0.05) is 0 Å². The molecule has 0 spiro atoms. The highest BCUT2D eigenvalue weighted by atomic mass is 16.5. The molecule has 0 unspecified atom stereocenters. The maximum atomic E-state index is 11.6. The zero-order valence-corrected chi connectivity index (χ0v) is 8.51. The van der Waals surface area contributed by atoms with Gasteiger partial charge in [0.15, 0.2) is 6.61 Å². The van der Waals surface area contributed by atoms with Crippen molar-refractivity contribution in [3.8, 4) is 5.75 Å². The van der Waals surface area contributed by atoms with E-state index in [1.807, 2.05) is 24.3 Å². The third-order valence-electron chi connectivity index (χ3n) is 2.26. The van der Waals surface area contributed by atoms with Crippen molar-refractivity contribution in [1.82, 2.24) is 0 Å². The van der Waals surface area contributed by atoms with Crippen LogP contribution < -0.4 is 9.64 Å². The molecule has 1 aromatic carbocycles. The van der Waals surface area contributed by atoms with E-state index in [9.17, 15) is 9.90 Å². The Morgan fingerprint density at radius 2 is 2.27 bits per heavy atom. The van der Waals surface area contributed by atoms with Gasteiger partial charge in [0.1, 0.15) is 5.75 Å². The Labute approximate surface area is 88.1 Å². The number of amides is 1. The van der Waals surface area contributed by atoms with Crippen molar-refractivity contribution < 1.29 is 14.6 Å². The number of hydrogen-bond donors (Lipinski definition) is 1. The Morgan fingerprint density at radius 3 is 3.00 bits per heavy atom. The zero-order chi connectivity index (χ0) is 10.8. The van der Waals surface area contributed by atoms with Crippen LogP contribution in [0.15, 0.2) is 24.3 Å². The summed E-state index contributed by atoms with van der Waals surface area (Å²) in [4.78, 5) is 13.1. The summed E-state index contributed by atoms with van der Waals surface area (Å²) in [6.45, 7) is 2.01. The highest BCUT2D eigenvalue weighted by molar-refractivity contribution is 5.97. The number of hydrogen-bond acceptors (Lipinski definition) is 3. The standard InChI is InChI=1S/C11H13NO3/c1-8(13)6-12-9-4-2-3-5-10(9)15-7-11(12)14/h2-5,8,13H,6-7H2,1H3/t8-/m1/s1. The molecule has 80 valence electrons.